The Morgan fingerprint density at radius 1 is 1.22 bits per heavy atom. The Bertz CT molecular complexity index is 337. The molecule has 1 N–H and O–H groups in total. The predicted molar refractivity (Wildman–Crippen MR) is 96.8 cm³/mol. The Hall–Kier alpha value is -0.770. The van der Waals surface area contributed by atoms with E-state index in [1.807, 2.05) is 25.7 Å². The lowest BCUT2D eigenvalue weighted by Gasteiger charge is -2.28. The van der Waals surface area contributed by atoms with Gasteiger partial charge in [0.15, 0.2) is 0 Å². The fourth-order valence-corrected chi connectivity index (χ4v) is 3.03. The third-order valence-corrected chi connectivity index (χ3v) is 4.27. The summed E-state index contributed by atoms with van der Waals surface area (Å²) in [5.74, 6) is 0.828. The zero-order valence-corrected chi connectivity index (χ0v) is 16.0. The molecule has 1 saturated heterocycles. The van der Waals surface area contributed by atoms with Crippen molar-refractivity contribution in [3.8, 4) is 0 Å². The summed E-state index contributed by atoms with van der Waals surface area (Å²) in [6.45, 7) is 13.1. The second-order valence-corrected chi connectivity index (χ2v) is 8.27. The van der Waals surface area contributed by atoms with E-state index in [2.05, 4.69) is 19.2 Å². The highest BCUT2D eigenvalue weighted by molar-refractivity contribution is 5.69. The van der Waals surface area contributed by atoms with Gasteiger partial charge in [-0.3, -0.25) is 0 Å². The minimum absolute atomic E-state index is 0.157. The number of carbonyl (C=O) groups excluding carboxylic acids is 1. The van der Waals surface area contributed by atoms with Gasteiger partial charge in [0.05, 0.1) is 0 Å². The van der Waals surface area contributed by atoms with Crippen LogP contribution in [0.15, 0.2) is 0 Å². The maximum Gasteiger partial charge on any atom is 0.410 e. The molecule has 1 heterocycles. The van der Waals surface area contributed by atoms with Gasteiger partial charge >= 0.3 is 6.09 Å². The van der Waals surface area contributed by atoms with E-state index >= 15 is 0 Å². The van der Waals surface area contributed by atoms with Crippen molar-refractivity contribution >= 4 is 6.09 Å². The lowest BCUT2D eigenvalue weighted by molar-refractivity contribution is 0.0226. The first-order valence-electron chi connectivity index (χ1n) is 9.50. The quantitative estimate of drug-likeness (QED) is 0.630. The first-order chi connectivity index (χ1) is 10.8. The molecule has 1 aliphatic heterocycles. The van der Waals surface area contributed by atoms with Crippen LogP contribution in [0.3, 0.4) is 0 Å². The highest BCUT2D eigenvalue weighted by Gasteiger charge is 2.31. The maximum absolute atomic E-state index is 12.2. The normalized spacial score (nSPS) is 18.7. The molecule has 1 rings (SSSR count). The van der Waals surface area contributed by atoms with Gasteiger partial charge in [0.2, 0.25) is 0 Å². The van der Waals surface area contributed by atoms with Crippen molar-refractivity contribution in [1.29, 1.82) is 0 Å². The zero-order chi connectivity index (χ0) is 17.3. The Morgan fingerprint density at radius 2 is 1.91 bits per heavy atom. The number of hydrogen-bond donors (Lipinski definition) is 1. The second-order valence-electron chi connectivity index (χ2n) is 8.27. The summed E-state index contributed by atoms with van der Waals surface area (Å²) in [7, 11) is 0. The van der Waals surface area contributed by atoms with Crippen molar-refractivity contribution in [2.75, 3.05) is 19.6 Å². The summed E-state index contributed by atoms with van der Waals surface area (Å²) in [6.07, 6.45) is 8.59. The van der Waals surface area contributed by atoms with Crippen LogP contribution < -0.4 is 5.32 Å². The smallest absolute Gasteiger partial charge is 0.410 e. The fourth-order valence-electron chi connectivity index (χ4n) is 3.03. The molecule has 0 aromatic heterocycles. The highest BCUT2D eigenvalue weighted by Crippen LogP contribution is 2.20. The van der Waals surface area contributed by atoms with Crippen LogP contribution in [0.25, 0.3) is 0 Å². The van der Waals surface area contributed by atoms with Crippen molar-refractivity contribution < 1.29 is 9.53 Å². The molecule has 0 spiro atoms. The summed E-state index contributed by atoms with van der Waals surface area (Å²) < 4.78 is 5.50. The summed E-state index contributed by atoms with van der Waals surface area (Å²) >= 11 is 0. The number of carbonyl (C=O) groups is 1. The van der Waals surface area contributed by atoms with Gasteiger partial charge in [-0.2, -0.15) is 0 Å². The number of unbranched alkanes of at least 4 members (excludes halogenated alkanes) is 3. The number of amides is 1. The first-order valence-corrected chi connectivity index (χ1v) is 9.50. The van der Waals surface area contributed by atoms with E-state index in [0.717, 1.165) is 38.4 Å². The Morgan fingerprint density at radius 3 is 2.57 bits per heavy atom. The summed E-state index contributed by atoms with van der Waals surface area (Å²) in [4.78, 5) is 14.1. The largest absolute Gasteiger partial charge is 0.444 e. The molecule has 1 aliphatic rings. The van der Waals surface area contributed by atoms with Crippen LogP contribution in [-0.2, 0) is 4.74 Å². The number of nitrogens with one attached hydrogen (secondary N) is 1. The van der Waals surface area contributed by atoms with Crippen molar-refractivity contribution in [2.45, 2.75) is 91.2 Å². The molecule has 4 heteroatoms. The molecule has 1 amide bonds. The standard InChI is InChI=1S/C19H38N2O2/c1-16(2)11-8-6-7-9-13-20-15-17-12-10-14-21(17)18(22)23-19(3,4)5/h16-17,20H,6-15H2,1-5H3. The lowest BCUT2D eigenvalue weighted by Crippen LogP contribution is -2.44. The van der Waals surface area contributed by atoms with E-state index in [1.54, 1.807) is 0 Å². The Labute approximate surface area is 143 Å². The van der Waals surface area contributed by atoms with E-state index < -0.39 is 5.60 Å². The molecule has 0 bridgehead atoms. The van der Waals surface area contributed by atoms with Gasteiger partial charge in [-0.25, -0.2) is 4.79 Å². The molecular formula is C19H38N2O2. The van der Waals surface area contributed by atoms with Crippen molar-refractivity contribution in [2.24, 2.45) is 5.92 Å². The van der Waals surface area contributed by atoms with E-state index in [9.17, 15) is 4.79 Å². The average molecular weight is 327 g/mol. The number of likely N-dealkylation sites (tertiary alicyclic amines) is 1. The van der Waals surface area contributed by atoms with E-state index in [4.69, 9.17) is 4.74 Å². The Balaban J connectivity index is 2.13. The third kappa shape index (κ3) is 9.19. The molecule has 0 saturated carbocycles. The van der Waals surface area contributed by atoms with Crippen LogP contribution in [0.2, 0.25) is 0 Å². The van der Waals surface area contributed by atoms with Crippen molar-refractivity contribution in [1.82, 2.24) is 10.2 Å². The molecule has 0 aromatic carbocycles. The number of nitrogens with zero attached hydrogens (tertiary/aromatic N) is 1. The van der Waals surface area contributed by atoms with Crippen LogP contribution in [0.5, 0.6) is 0 Å². The van der Waals surface area contributed by atoms with Gasteiger partial charge in [-0.1, -0.05) is 39.5 Å². The van der Waals surface area contributed by atoms with Crippen LogP contribution >= 0.6 is 0 Å². The summed E-state index contributed by atoms with van der Waals surface area (Å²) in [6, 6.07) is 0.297. The maximum atomic E-state index is 12.2. The van der Waals surface area contributed by atoms with E-state index in [0.29, 0.717) is 6.04 Å². The third-order valence-electron chi connectivity index (χ3n) is 4.27. The first kappa shape index (κ1) is 20.3. The van der Waals surface area contributed by atoms with Gasteiger partial charge in [0, 0.05) is 19.1 Å². The Kier molecular flexibility index (Phi) is 8.96. The average Bonchev–Trinajstić information content (AvgIpc) is 2.88. The predicted octanol–water partition coefficient (Wildman–Crippen LogP) is 4.58. The molecule has 1 fully saturated rings. The van der Waals surface area contributed by atoms with E-state index in [1.165, 1.54) is 32.1 Å². The van der Waals surface area contributed by atoms with Gasteiger partial charge in [0.1, 0.15) is 5.60 Å². The molecule has 0 radical (unpaired) electrons. The van der Waals surface area contributed by atoms with Crippen LogP contribution in [-0.4, -0.2) is 42.3 Å². The minimum Gasteiger partial charge on any atom is -0.444 e. The van der Waals surface area contributed by atoms with Crippen molar-refractivity contribution in [3.05, 3.63) is 0 Å². The topological polar surface area (TPSA) is 41.6 Å². The monoisotopic (exact) mass is 326 g/mol. The van der Waals surface area contributed by atoms with Gasteiger partial charge < -0.3 is 15.0 Å². The van der Waals surface area contributed by atoms with Gasteiger partial charge in [-0.15, -0.1) is 0 Å². The molecule has 4 nitrogen and oxygen atoms in total. The molecule has 23 heavy (non-hydrogen) atoms. The molecule has 0 aliphatic carbocycles. The molecule has 1 atom stereocenters. The SMILES string of the molecule is CC(C)CCCCCCNCC1CCCN1C(=O)OC(C)(C)C. The molecular weight excluding hydrogens is 288 g/mol. The zero-order valence-electron chi connectivity index (χ0n) is 16.0. The second kappa shape index (κ2) is 10.2. The fraction of sp³-hybridized carbons (Fsp3) is 0.947. The van der Waals surface area contributed by atoms with Crippen LogP contribution in [0.1, 0.15) is 79.6 Å². The number of ether oxygens (including phenoxy) is 1. The summed E-state index contributed by atoms with van der Waals surface area (Å²) in [5, 5.41) is 3.53. The van der Waals surface area contributed by atoms with Crippen LogP contribution in [0.4, 0.5) is 4.79 Å². The molecule has 0 aromatic rings. The minimum atomic E-state index is -0.409. The van der Waals surface area contributed by atoms with Gasteiger partial charge in [0.25, 0.3) is 0 Å². The lowest BCUT2D eigenvalue weighted by atomic mass is 10.0. The molecule has 1 unspecified atom stereocenters. The summed E-state index contributed by atoms with van der Waals surface area (Å²) in [5.41, 5.74) is -0.409. The van der Waals surface area contributed by atoms with Crippen molar-refractivity contribution in [3.63, 3.8) is 0 Å². The van der Waals surface area contributed by atoms with E-state index in [-0.39, 0.29) is 6.09 Å². The van der Waals surface area contributed by atoms with Crippen LogP contribution in [0, 0.1) is 5.92 Å². The number of hydrogen-bond acceptors (Lipinski definition) is 3. The molecule has 136 valence electrons. The van der Waals surface area contributed by atoms with Gasteiger partial charge in [-0.05, 0) is 52.5 Å². The number of rotatable bonds is 9. The highest BCUT2D eigenvalue weighted by atomic mass is 16.6.